The lowest BCUT2D eigenvalue weighted by atomic mass is 10.1. The number of hydrogen-bond acceptors (Lipinski definition) is 3. The molecule has 0 amide bonds. The Kier molecular flexibility index (Phi) is 8.32. The number of nitrogens with zero attached hydrogens (tertiary/aromatic N) is 2. The molecule has 3 nitrogen and oxygen atoms in total. The molecule has 0 saturated heterocycles. The van der Waals surface area contributed by atoms with Crippen LogP contribution in [0, 0.1) is 0 Å². The molecule has 0 spiro atoms. The van der Waals surface area contributed by atoms with Gasteiger partial charge in [0.2, 0.25) is 0 Å². The summed E-state index contributed by atoms with van der Waals surface area (Å²) in [6.07, 6.45) is 4.30. The molecule has 0 aliphatic carbocycles. The van der Waals surface area contributed by atoms with Crippen molar-refractivity contribution in [3.63, 3.8) is 0 Å². The van der Waals surface area contributed by atoms with Gasteiger partial charge in [-0.2, -0.15) is 0 Å². The number of Topliss-reactive ketones (excluding diaryl/α,β-unsaturated/α-hetero) is 1. The molecule has 6 heteroatoms. The van der Waals surface area contributed by atoms with Crippen molar-refractivity contribution >= 4 is 61.8 Å². The number of ketones is 1. The van der Waals surface area contributed by atoms with Crippen LogP contribution in [0.15, 0.2) is 58.0 Å². The fourth-order valence-corrected chi connectivity index (χ4v) is 3.29. The van der Waals surface area contributed by atoms with E-state index < -0.39 is 0 Å². The van der Waals surface area contributed by atoms with E-state index in [-0.39, 0.29) is 29.3 Å². The number of carbonyl (C=O) groups excluding carboxylic acids is 1. The zero-order valence-corrected chi connectivity index (χ0v) is 18.4. The fourth-order valence-electron chi connectivity index (χ4n) is 2.90. The topological polar surface area (TPSA) is 32.7 Å². The average molecular weight is 501 g/mol. The molecule has 0 atom stereocenters. The molecule has 138 valence electrons. The first-order valence-corrected chi connectivity index (χ1v) is 9.66. The van der Waals surface area contributed by atoms with E-state index in [1.54, 1.807) is 0 Å². The van der Waals surface area contributed by atoms with Crippen molar-refractivity contribution in [1.29, 1.82) is 0 Å². The third kappa shape index (κ3) is 5.66. The molecule has 0 unspecified atom stereocenters. The molecule has 3 rings (SSSR count). The molecular formula is C20H21Br2ClN2O. The third-order valence-electron chi connectivity index (χ3n) is 4.27. The Morgan fingerprint density at radius 2 is 1.73 bits per heavy atom. The van der Waals surface area contributed by atoms with Gasteiger partial charge in [0.05, 0.1) is 6.54 Å². The van der Waals surface area contributed by atoms with Crippen LogP contribution < -0.4 is 4.90 Å². The standard InChI is InChI=1S/C20H20BrClN2O.BrH/c21-16-7-5-15(6-8-16)19(25)14-24(18-11-9-17(22)10-12-18)20-4-2-1-3-13-23-20;/h5-12H,1-4,13-14H2;1H. The van der Waals surface area contributed by atoms with E-state index in [0.29, 0.717) is 10.6 Å². The van der Waals surface area contributed by atoms with Crippen molar-refractivity contribution in [2.24, 2.45) is 4.99 Å². The van der Waals surface area contributed by atoms with Gasteiger partial charge in [0.15, 0.2) is 5.78 Å². The maximum Gasteiger partial charge on any atom is 0.182 e. The lowest BCUT2D eigenvalue weighted by molar-refractivity contribution is 0.100. The van der Waals surface area contributed by atoms with Gasteiger partial charge in [0, 0.05) is 33.7 Å². The molecule has 2 aromatic carbocycles. The minimum absolute atomic E-state index is 0. The highest BCUT2D eigenvalue weighted by Crippen LogP contribution is 2.22. The highest BCUT2D eigenvalue weighted by molar-refractivity contribution is 9.10. The molecule has 1 aliphatic heterocycles. The molecular weight excluding hydrogens is 479 g/mol. The Morgan fingerprint density at radius 3 is 2.42 bits per heavy atom. The summed E-state index contributed by atoms with van der Waals surface area (Å²) >= 11 is 9.43. The van der Waals surface area contributed by atoms with Crippen molar-refractivity contribution in [2.45, 2.75) is 25.7 Å². The number of carbonyl (C=O) groups is 1. The first kappa shape index (κ1) is 21.1. The van der Waals surface area contributed by atoms with Gasteiger partial charge in [-0.3, -0.25) is 9.79 Å². The van der Waals surface area contributed by atoms with Gasteiger partial charge in [-0.1, -0.05) is 46.1 Å². The summed E-state index contributed by atoms with van der Waals surface area (Å²) in [6.45, 7) is 1.11. The van der Waals surface area contributed by atoms with Crippen LogP contribution in [0.25, 0.3) is 0 Å². The molecule has 0 aromatic heterocycles. The van der Waals surface area contributed by atoms with Crippen molar-refractivity contribution < 1.29 is 4.79 Å². The van der Waals surface area contributed by atoms with Gasteiger partial charge in [-0.25, -0.2) is 0 Å². The number of anilines is 1. The molecule has 0 fully saturated rings. The number of amidine groups is 1. The minimum atomic E-state index is 0. The lowest BCUT2D eigenvalue weighted by Gasteiger charge is -2.25. The normalized spacial score (nSPS) is 14.0. The van der Waals surface area contributed by atoms with Gasteiger partial charge in [0.25, 0.3) is 0 Å². The van der Waals surface area contributed by atoms with Gasteiger partial charge in [0.1, 0.15) is 5.84 Å². The number of hydrogen-bond donors (Lipinski definition) is 0. The fraction of sp³-hybridized carbons (Fsp3) is 0.300. The van der Waals surface area contributed by atoms with Crippen molar-refractivity contribution in [2.75, 3.05) is 18.0 Å². The quantitative estimate of drug-likeness (QED) is 0.459. The van der Waals surface area contributed by atoms with Crippen LogP contribution in [0.5, 0.6) is 0 Å². The molecule has 0 bridgehead atoms. The van der Waals surface area contributed by atoms with Crippen LogP contribution >= 0.6 is 44.5 Å². The maximum atomic E-state index is 12.8. The molecule has 0 N–H and O–H groups in total. The Morgan fingerprint density at radius 1 is 1.04 bits per heavy atom. The Balaban J connectivity index is 0.00000243. The predicted molar refractivity (Wildman–Crippen MR) is 118 cm³/mol. The zero-order chi connectivity index (χ0) is 17.6. The van der Waals surface area contributed by atoms with Crippen LogP contribution in [0.1, 0.15) is 36.0 Å². The second-order valence-corrected chi connectivity index (χ2v) is 7.45. The molecule has 0 radical (unpaired) electrons. The predicted octanol–water partition coefficient (Wildman–Crippen LogP) is 6.34. The van der Waals surface area contributed by atoms with E-state index in [2.05, 4.69) is 15.9 Å². The largest absolute Gasteiger partial charge is 0.322 e. The zero-order valence-electron chi connectivity index (χ0n) is 14.3. The third-order valence-corrected chi connectivity index (χ3v) is 5.05. The summed E-state index contributed by atoms with van der Waals surface area (Å²) in [5.74, 6) is 1.07. The molecule has 1 aliphatic rings. The Hall–Kier alpha value is -1.17. The molecule has 0 saturated carbocycles. The Labute approximate surface area is 178 Å². The monoisotopic (exact) mass is 498 g/mol. The second kappa shape index (κ2) is 10.2. The lowest BCUT2D eigenvalue weighted by Crippen LogP contribution is -2.35. The first-order chi connectivity index (χ1) is 12.1. The smallest absolute Gasteiger partial charge is 0.182 e. The van der Waals surface area contributed by atoms with Crippen LogP contribution in [-0.4, -0.2) is 24.7 Å². The van der Waals surface area contributed by atoms with E-state index in [4.69, 9.17) is 16.6 Å². The van der Waals surface area contributed by atoms with Gasteiger partial charge < -0.3 is 4.90 Å². The summed E-state index contributed by atoms with van der Waals surface area (Å²) in [5, 5.41) is 0.686. The van der Waals surface area contributed by atoms with Crippen molar-refractivity contribution in [3.8, 4) is 0 Å². The number of rotatable bonds is 4. The molecule has 1 heterocycles. The number of aliphatic imine (C=N–C) groups is 1. The van der Waals surface area contributed by atoms with Gasteiger partial charge >= 0.3 is 0 Å². The SMILES string of the molecule is Br.O=C(CN(C1=NCCCCC1)c1ccc(Cl)cc1)c1ccc(Br)cc1. The van der Waals surface area contributed by atoms with Gasteiger partial charge in [-0.05, 0) is 49.2 Å². The highest BCUT2D eigenvalue weighted by atomic mass is 79.9. The Bertz CT molecular complexity index is 760. The van der Waals surface area contributed by atoms with Crippen molar-refractivity contribution in [3.05, 3.63) is 63.6 Å². The van der Waals surface area contributed by atoms with Crippen LogP contribution in [0.4, 0.5) is 5.69 Å². The second-order valence-electron chi connectivity index (χ2n) is 6.10. The summed E-state index contributed by atoms with van der Waals surface area (Å²) in [4.78, 5) is 19.6. The van der Waals surface area contributed by atoms with E-state index in [9.17, 15) is 4.79 Å². The molecule has 26 heavy (non-hydrogen) atoms. The summed E-state index contributed by atoms with van der Waals surface area (Å²) in [6, 6.07) is 15.1. The molecule has 2 aromatic rings. The highest BCUT2D eigenvalue weighted by Gasteiger charge is 2.19. The van der Waals surface area contributed by atoms with Crippen LogP contribution in [-0.2, 0) is 0 Å². The van der Waals surface area contributed by atoms with E-state index in [0.717, 1.165) is 41.8 Å². The van der Waals surface area contributed by atoms with E-state index >= 15 is 0 Å². The number of benzene rings is 2. The first-order valence-electron chi connectivity index (χ1n) is 8.49. The summed E-state index contributed by atoms with van der Waals surface area (Å²) in [5.41, 5.74) is 1.66. The van der Waals surface area contributed by atoms with Crippen molar-refractivity contribution in [1.82, 2.24) is 0 Å². The van der Waals surface area contributed by atoms with Gasteiger partial charge in [-0.15, -0.1) is 17.0 Å². The average Bonchev–Trinajstić information content (AvgIpc) is 2.90. The van der Waals surface area contributed by atoms with E-state index in [1.165, 1.54) is 6.42 Å². The van der Waals surface area contributed by atoms with Crippen LogP contribution in [0.3, 0.4) is 0 Å². The minimum Gasteiger partial charge on any atom is -0.322 e. The number of halogens is 3. The maximum absolute atomic E-state index is 12.8. The summed E-state index contributed by atoms with van der Waals surface area (Å²) in [7, 11) is 0. The van der Waals surface area contributed by atoms with Crippen LogP contribution in [0.2, 0.25) is 5.02 Å². The summed E-state index contributed by atoms with van der Waals surface area (Å²) < 4.78 is 0.965. The van der Waals surface area contributed by atoms with E-state index in [1.807, 2.05) is 53.4 Å².